The van der Waals surface area contributed by atoms with Gasteiger partial charge in [-0.05, 0) is 36.4 Å². The van der Waals surface area contributed by atoms with Gasteiger partial charge in [-0.25, -0.2) is 9.97 Å². The van der Waals surface area contributed by atoms with E-state index in [4.69, 9.17) is 11.6 Å². The van der Waals surface area contributed by atoms with Gasteiger partial charge in [0.15, 0.2) is 0 Å². The minimum absolute atomic E-state index is 0.178. The van der Waals surface area contributed by atoms with Crippen molar-refractivity contribution >= 4 is 44.7 Å². The lowest BCUT2D eigenvalue weighted by molar-refractivity contribution is 0.102. The first-order valence-electron chi connectivity index (χ1n) is 7.59. The average Bonchev–Trinajstić information content (AvgIpc) is 3.06. The lowest BCUT2D eigenvalue weighted by Crippen LogP contribution is -2.13. The lowest BCUT2D eigenvalue weighted by atomic mass is 10.1. The van der Waals surface area contributed by atoms with Crippen LogP contribution >= 0.6 is 22.9 Å². The molecule has 0 radical (unpaired) electrons. The van der Waals surface area contributed by atoms with Crippen LogP contribution in [0.2, 0.25) is 5.15 Å². The second kappa shape index (κ2) is 6.63. The highest BCUT2D eigenvalue weighted by atomic mass is 35.5. The van der Waals surface area contributed by atoms with Gasteiger partial charge in [-0.3, -0.25) is 4.79 Å². The molecule has 25 heavy (non-hydrogen) atoms. The van der Waals surface area contributed by atoms with E-state index in [2.05, 4.69) is 15.3 Å². The minimum atomic E-state index is -0.299. The van der Waals surface area contributed by atoms with Crippen LogP contribution in [0.4, 0.5) is 5.69 Å². The molecule has 2 aromatic heterocycles. The van der Waals surface area contributed by atoms with Crippen LogP contribution < -0.4 is 5.32 Å². The maximum absolute atomic E-state index is 12.5. The van der Waals surface area contributed by atoms with Crippen LogP contribution in [-0.2, 0) is 0 Å². The van der Waals surface area contributed by atoms with Gasteiger partial charge in [-0.2, -0.15) is 0 Å². The van der Waals surface area contributed by atoms with Gasteiger partial charge in [-0.15, -0.1) is 11.3 Å². The molecule has 0 unspecified atom stereocenters. The Bertz CT molecular complexity index is 1040. The minimum Gasteiger partial charge on any atom is -0.321 e. The largest absolute Gasteiger partial charge is 0.321 e. The van der Waals surface area contributed by atoms with Crippen LogP contribution in [0.25, 0.3) is 20.8 Å². The first kappa shape index (κ1) is 15.7. The second-order valence-corrected chi connectivity index (χ2v) is 6.72. The molecule has 122 valence electrons. The maximum Gasteiger partial charge on any atom is 0.258 e. The molecule has 4 rings (SSSR count). The van der Waals surface area contributed by atoms with Gasteiger partial charge in [0, 0.05) is 11.8 Å². The normalized spacial score (nSPS) is 10.8. The Labute approximate surface area is 153 Å². The summed E-state index contributed by atoms with van der Waals surface area (Å²) in [5, 5.41) is 3.95. The third-order valence-electron chi connectivity index (χ3n) is 3.70. The fourth-order valence-corrected chi connectivity index (χ4v) is 3.72. The molecular weight excluding hydrogens is 354 g/mol. The van der Waals surface area contributed by atoms with E-state index < -0.39 is 0 Å². The van der Waals surface area contributed by atoms with Crippen molar-refractivity contribution in [2.75, 3.05) is 5.32 Å². The number of halogens is 1. The van der Waals surface area contributed by atoms with Crippen molar-refractivity contribution in [3.8, 4) is 10.6 Å². The number of nitrogens with zero attached hydrogens (tertiary/aromatic N) is 2. The maximum atomic E-state index is 12.5. The molecule has 0 aliphatic rings. The number of pyridine rings is 1. The number of nitrogens with one attached hydrogen (secondary N) is 1. The molecule has 0 saturated carbocycles. The van der Waals surface area contributed by atoms with Crippen LogP contribution in [0.1, 0.15) is 10.4 Å². The van der Waals surface area contributed by atoms with Crippen LogP contribution in [-0.4, -0.2) is 15.9 Å². The highest BCUT2D eigenvalue weighted by molar-refractivity contribution is 7.21. The molecule has 2 aromatic carbocycles. The van der Waals surface area contributed by atoms with E-state index in [1.807, 2.05) is 48.5 Å². The number of aromatic nitrogens is 2. The Morgan fingerprint density at radius 1 is 1.00 bits per heavy atom. The highest BCUT2D eigenvalue weighted by Crippen LogP contribution is 2.34. The van der Waals surface area contributed by atoms with Crippen molar-refractivity contribution < 1.29 is 4.79 Å². The molecule has 0 fully saturated rings. The van der Waals surface area contributed by atoms with Gasteiger partial charge >= 0.3 is 0 Å². The van der Waals surface area contributed by atoms with E-state index in [1.54, 1.807) is 29.7 Å². The van der Waals surface area contributed by atoms with Crippen LogP contribution in [0, 0.1) is 0 Å². The Morgan fingerprint density at radius 3 is 2.64 bits per heavy atom. The average molecular weight is 366 g/mol. The van der Waals surface area contributed by atoms with Gasteiger partial charge in [0.1, 0.15) is 10.2 Å². The predicted molar refractivity (Wildman–Crippen MR) is 102 cm³/mol. The fourth-order valence-electron chi connectivity index (χ4n) is 2.51. The van der Waals surface area contributed by atoms with Crippen molar-refractivity contribution in [1.82, 2.24) is 9.97 Å². The zero-order valence-electron chi connectivity index (χ0n) is 12.9. The summed E-state index contributed by atoms with van der Waals surface area (Å²) >= 11 is 7.60. The number of fused-ring (bicyclic) bond motifs is 1. The van der Waals surface area contributed by atoms with Crippen LogP contribution in [0.3, 0.4) is 0 Å². The number of benzene rings is 2. The molecule has 0 saturated heterocycles. The van der Waals surface area contributed by atoms with Gasteiger partial charge in [0.25, 0.3) is 5.91 Å². The summed E-state index contributed by atoms with van der Waals surface area (Å²) in [6.45, 7) is 0. The van der Waals surface area contributed by atoms with Crippen molar-refractivity contribution in [3.63, 3.8) is 0 Å². The third kappa shape index (κ3) is 3.12. The van der Waals surface area contributed by atoms with Crippen LogP contribution in [0.5, 0.6) is 0 Å². The quantitative estimate of drug-likeness (QED) is 0.503. The van der Waals surface area contributed by atoms with Gasteiger partial charge in [0.2, 0.25) is 0 Å². The summed E-state index contributed by atoms with van der Waals surface area (Å²) in [6.07, 6.45) is 1.55. The Balaban J connectivity index is 1.72. The number of rotatable bonds is 3. The van der Waals surface area contributed by atoms with Gasteiger partial charge < -0.3 is 5.32 Å². The van der Waals surface area contributed by atoms with Gasteiger partial charge in [-0.1, -0.05) is 35.9 Å². The molecule has 6 heteroatoms. The summed E-state index contributed by atoms with van der Waals surface area (Å²) < 4.78 is 1.11. The molecule has 0 bridgehead atoms. The van der Waals surface area contributed by atoms with Crippen molar-refractivity contribution in [2.24, 2.45) is 0 Å². The molecule has 0 aliphatic heterocycles. The number of hydrogen-bond acceptors (Lipinski definition) is 4. The molecule has 2 heterocycles. The number of carbonyl (C=O) groups is 1. The van der Waals surface area contributed by atoms with Crippen LogP contribution in [0.15, 0.2) is 66.9 Å². The number of para-hydroxylation sites is 2. The van der Waals surface area contributed by atoms with E-state index in [1.165, 1.54) is 0 Å². The summed E-state index contributed by atoms with van der Waals surface area (Å²) in [7, 11) is 0. The summed E-state index contributed by atoms with van der Waals surface area (Å²) in [4.78, 5) is 21.2. The molecule has 1 N–H and O–H groups in total. The van der Waals surface area contributed by atoms with E-state index >= 15 is 0 Å². The van der Waals surface area contributed by atoms with Gasteiger partial charge in [0.05, 0.1) is 21.5 Å². The zero-order chi connectivity index (χ0) is 17.2. The summed E-state index contributed by atoms with van der Waals surface area (Å²) in [5.41, 5.74) is 2.84. The zero-order valence-corrected chi connectivity index (χ0v) is 14.5. The third-order valence-corrected chi connectivity index (χ3v) is 5.07. The number of hydrogen-bond donors (Lipinski definition) is 1. The fraction of sp³-hybridized carbons (Fsp3) is 0. The van der Waals surface area contributed by atoms with E-state index in [9.17, 15) is 4.79 Å². The predicted octanol–water partition coefficient (Wildman–Crippen LogP) is 5.26. The summed E-state index contributed by atoms with van der Waals surface area (Å²) in [5.74, 6) is -0.299. The van der Waals surface area contributed by atoms with Crippen molar-refractivity contribution in [3.05, 3.63) is 77.6 Å². The highest BCUT2D eigenvalue weighted by Gasteiger charge is 2.15. The number of amides is 1. The summed E-state index contributed by atoms with van der Waals surface area (Å²) in [6, 6.07) is 18.9. The standard InChI is InChI=1S/C19H12ClN3OS/c20-17-13(7-5-11-21-17)18(24)22-14-8-2-1-6-12(14)19-23-15-9-3-4-10-16(15)25-19/h1-11H,(H,22,24). The molecule has 0 atom stereocenters. The molecule has 0 spiro atoms. The van der Waals surface area contributed by atoms with Crippen molar-refractivity contribution in [2.45, 2.75) is 0 Å². The first-order chi connectivity index (χ1) is 12.2. The van der Waals surface area contributed by atoms with E-state index in [0.717, 1.165) is 20.8 Å². The molecule has 1 amide bonds. The molecule has 4 aromatic rings. The SMILES string of the molecule is O=C(Nc1ccccc1-c1nc2ccccc2s1)c1cccnc1Cl. The van der Waals surface area contributed by atoms with Crippen molar-refractivity contribution in [1.29, 1.82) is 0 Å². The first-order valence-corrected chi connectivity index (χ1v) is 8.78. The Kier molecular flexibility index (Phi) is 4.17. The number of anilines is 1. The molecule has 4 nitrogen and oxygen atoms in total. The Hall–Kier alpha value is -2.76. The monoisotopic (exact) mass is 365 g/mol. The van der Waals surface area contributed by atoms with E-state index in [0.29, 0.717) is 11.3 Å². The smallest absolute Gasteiger partial charge is 0.258 e. The second-order valence-electron chi connectivity index (χ2n) is 5.33. The van der Waals surface area contributed by atoms with E-state index in [-0.39, 0.29) is 11.1 Å². The molecule has 0 aliphatic carbocycles. The Morgan fingerprint density at radius 2 is 1.80 bits per heavy atom. The number of carbonyl (C=O) groups excluding carboxylic acids is 1. The topological polar surface area (TPSA) is 54.9 Å². The number of thiazole rings is 1. The molecular formula is C19H12ClN3OS. The lowest BCUT2D eigenvalue weighted by Gasteiger charge is -2.09.